The van der Waals surface area contributed by atoms with E-state index in [1.54, 1.807) is 6.08 Å². The molecule has 6 heteroatoms. The van der Waals surface area contributed by atoms with E-state index in [-0.39, 0.29) is 18.5 Å². The van der Waals surface area contributed by atoms with Gasteiger partial charge in [-0.25, -0.2) is 0 Å². The Hall–Kier alpha value is -2.44. The molecule has 1 amide bonds. The largest absolute Gasteiger partial charge is 0.466 e. The average Bonchev–Trinajstić information content (AvgIpc) is 3.54. The summed E-state index contributed by atoms with van der Waals surface area (Å²) < 4.78 is 5.47. The molecule has 510 valence electrons. The molecular weight excluding hydrogens is 1070 g/mol. The Balaban J connectivity index is 3.41. The number of carbonyl (C=O) groups excluding carboxylic acids is 2. The van der Waals surface area contributed by atoms with Crippen LogP contribution in [0, 0.1) is 0 Å². The number of nitrogens with one attached hydrogen (secondary N) is 1. The van der Waals surface area contributed by atoms with Crippen molar-refractivity contribution >= 4 is 11.9 Å². The van der Waals surface area contributed by atoms with Crippen LogP contribution in [0.3, 0.4) is 0 Å². The third-order valence-electron chi connectivity index (χ3n) is 18.0. The third-order valence-corrected chi connectivity index (χ3v) is 18.0. The number of ether oxygens (including phenoxy) is 1. The van der Waals surface area contributed by atoms with Crippen LogP contribution in [0.1, 0.15) is 418 Å². The Bertz CT molecular complexity index is 1500. The van der Waals surface area contributed by atoms with E-state index in [0.717, 1.165) is 57.8 Å². The van der Waals surface area contributed by atoms with Gasteiger partial charge in [0.05, 0.1) is 25.4 Å². The maximum absolute atomic E-state index is 12.6. The number of hydrogen-bond donors (Lipinski definition) is 3. The van der Waals surface area contributed by atoms with E-state index in [2.05, 4.69) is 67.8 Å². The minimum absolute atomic E-state index is 0.00141. The Morgan fingerprint density at radius 3 is 0.920 bits per heavy atom. The van der Waals surface area contributed by atoms with E-state index >= 15 is 0 Å². The highest BCUT2D eigenvalue weighted by Crippen LogP contribution is 2.19. The first-order valence-corrected chi connectivity index (χ1v) is 39.1. The molecule has 3 N–H and O–H groups in total. The van der Waals surface area contributed by atoms with Gasteiger partial charge in [0.15, 0.2) is 0 Å². The maximum atomic E-state index is 12.6. The van der Waals surface area contributed by atoms with Gasteiger partial charge < -0.3 is 20.3 Å². The maximum Gasteiger partial charge on any atom is 0.305 e. The van der Waals surface area contributed by atoms with Gasteiger partial charge in [0.25, 0.3) is 0 Å². The lowest BCUT2D eigenvalue weighted by Gasteiger charge is -2.20. The molecule has 0 aliphatic heterocycles. The van der Waals surface area contributed by atoms with E-state index in [1.165, 1.54) is 334 Å². The summed E-state index contributed by atoms with van der Waals surface area (Å²) in [7, 11) is 0. The van der Waals surface area contributed by atoms with E-state index < -0.39 is 12.1 Å². The molecule has 87 heavy (non-hydrogen) atoms. The Kier molecular flexibility index (Phi) is 73.9. The molecule has 0 spiro atoms. The van der Waals surface area contributed by atoms with Crippen LogP contribution in [-0.4, -0.2) is 47.4 Å². The summed E-state index contributed by atoms with van der Waals surface area (Å²) in [4.78, 5) is 24.6. The standard InChI is InChI=1S/C81H151NO5/c1-3-5-7-9-11-13-15-17-18-19-20-21-22-34-37-40-43-46-50-53-57-61-65-69-73-79(84)78(77-83)82-80(85)74-70-66-62-58-54-51-47-44-41-38-35-32-30-28-26-24-23-25-27-29-31-33-36-39-42-45-48-52-56-60-64-68-72-76-87-81(86)75-71-67-63-59-55-49-16-14-12-10-8-6-4-2/h8,10,14,16,27,29,33,36,69,73,78-79,83-84H,3-7,9,11-13,15,17-26,28,30-32,34-35,37-68,70-72,74-77H2,1-2H3,(H,82,85)/b10-8-,16-14-,29-27-,36-33-,73-69+. The van der Waals surface area contributed by atoms with E-state index in [9.17, 15) is 19.8 Å². The number of hydrogen-bond acceptors (Lipinski definition) is 5. The van der Waals surface area contributed by atoms with Crippen molar-refractivity contribution in [3.8, 4) is 0 Å². The molecule has 0 aliphatic carbocycles. The van der Waals surface area contributed by atoms with E-state index in [4.69, 9.17) is 4.74 Å². The topological polar surface area (TPSA) is 95.9 Å². The molecule has 6 nitrogen and oxygen atoms in total. The molecule has 0 aromatic heterocycles. The fraction of sp³-hybridized carbons (Fsp3) is 0.852. The Labute approximate surface area is 543 Å². The van der Waals surface area contributed by atoms with Crippen molar-refractivity contribution in [2.24, 2.45) is 0 Å². The molecule has 0 rings (SSSR count). The van der Waals surface area contributed by atoms with Crippen LogP contribution in [-0.2, 0) is 14.3 Å². The molecule has 2 unspecified atom stereocenters. The molecule has 0 aromatic carbocycles. The molecule has 0 saturated carbocycles. The minimum atomic E-state index is -0.846. The minimum Gasteiger partial charge on any atom is -0.466 e. The number of unbranched alkanes of at least 4 members (excludes halogenated alkanes) is 54. The first-order chi connectivity index (χ1) is 43.0. The number of carbonyl (C=O) groups is 2. The molecule has 0 fully saturated rings. The lowest BCUT2D eigenvalue weighted by molar-refractivity contribution is -0.143. The highest BCUT2D eigenvalue weighted by atomic mass is 16.5. The molecule has 0 heterocycles. The van der Waals surface area contributed by atoms with Crippen molar-refractivity contribution in [3.63, 3.8) is 0 Å². The number of aliphatic hydroxyl groups is 2. The number of allylic oxidation sites excluding steroid dienone is 9. The SMILES string of the molecule is CCC/C=C\C/C=C\CCCCCCCC(=O)OCCCCCCCCCCC/C=C\C/C=C\CCCCCCCCCCCCCCCCCCCC(=O)NC(CO)C(O)/C=C/CCCCCCCCCCCCCCCCCCCCCCCC. The summed E-state index contributed by atoms with van der Waals surface area (Å²) in [5.41, 5.74) is 0. The van der Waals surface area contributed by atoms with Gasteiger partial charge in [0.2, 0.25) is 5.91 Å². The second kappa shape index (κ2) is 76.0. The smallest absolute Gasteiger partial charge is 0.305 e. The lowest BCUT2D eigenvalue weighted by Crippen LogP contribution is -2.45. The van der Waals surface area contributed by atoms with Crippen LogP contribution in [0.15, 0.2) is 60.8 Å². The summed E-state index contributed by atoms with van der Waals surface area (Å²) in [6.45, 7) is 4.87. The molecule has 0 radical (unpaired) electrons. The summed E-state index contributed by atoms with van der Waals surface area (Å²) in [6, 6.07) is -0.629. The van der Waals surface area contributed by atoms with Crippen LogP contribution in [0.2, 0.25) is 0 Å². The molecule has 0 bridgehead atoms. The Morgan fingerprint density at radius 1 is 0.322 bits per heavy atom. The molecule has 2 atom stereocenters. The summed E-state index contributed by atoms with van der Waals surface area (Å²) in [5, 5.41) is 23.3. The predicted molar refractivity (Wildman–Crippen MR) is 384 cm³/mol. The first-order valence-electron chi connectivity index (χ1n) is 39.1. The highest BCUT2D eigenvalue weighted by Gasteiger charge is 2.18. The van der Waals surface area contributed by atoms with Gasteiger partial charge in [-0.2, -0.15) is 0 Å². The van der Waals surface area contributed by atoms with E-state index in [1.807, 2.05) is 6.08 Å². The molecule has 0 saturated heterocycles. The number of aliphatic hydroxyl groups excluding tert-OH is 2. The highest BCUT2D eigenvalue weighted by molar-refractivity contribution is 5.76. The second-order valence-electron chi connectivity index (χ2n) is 26.7. The lowest BCUT2D eigenvalue weighted by atomic mass is 10.0. The molecule has 0 aromatic rings. The first kappa shape index (κ1) is 84.6. The van der Waals surface area contributed by atoms with Crippen molar-refractivity contribution in [2.75, 3.05) is 13.2 Å². The van der Waals surface area contributed by atoms with Crippen molar-refractivity contribution in [2.45, 2.75) is 431 Å². The number of amides is 1. The van der Waals surface area contributed by atoms with Crippen LogP contribution in [0.4, 0.5) is 0 Å². The average molecular weight is 1220 g/mol. The van der Waals surface area contributed by atoms with Gasteiger partial charge in [-0.1, -0.05) is 376 Å². The van der Waals surface area contributed by atoms with Gasteiger partial charge in [0.1, 0.15) is 0 Å². The van der Waals surface area contributed by atoms with Crippen molar-refractivity contribution in [1.82, 2.24) is 5.32 Å². The van der Waals surface area contributed by atoms with Crippen LogP contribution < -0.4 is 5.32 Å². The number of rotatable bonds is 73. The molecule has 0 aliphatic rings. The quantitative estimate of drug-likeness (QED) is 0.0320. The summed E-state index contributed by atoms with van der Waals surface area (Å²) >= 11 is 0. The van der Waals surface area contributed by atoms with Crippen LogP contribution >= 0.6 is 0 Å². The van der Waals surface area contributed by atoms with Gasteiger partial charge in [0, 0.05) is 12.8 Å². The molecular formula is C81H151NO5. The van der Waals surface area contributed by atoms with Gasteiger partial charge >= 0.3 is 5.97 Å². The van der Waals surface area contributed by atoms with Gasteiger partial charge in [-0.05, 0) is 89.9 Å². The Morgan fingerprint density at radius 2 is 0.598 bits per heavy atom. The summed E-state index contributed by atoms with van der Waals surface area (Å²) in [5.74, 6) is -0.0634. The van der Waals surface area contributed by atoms with Crippen molar-refractivity contribution in [1.29, 1.82) is 0 Å². The zero-order valence-corrected chi connectivity index (χ0v) is 58.5. The normalized spacial score (nSPS) is 12.8. The summed E-state index contributed by atoms with van der Waals surface area (Å²) in [6.07, 6.45) is 102. The van der Waals surface area contributed by atoms with Gasteiger partial charge in [-0.15, -0.1) is 0 Å². The fourth-order valence-corrected chi connectivity index (χ4v) is 12.1. The van der Waals surface area contributed by atoms with Gasteiger partial charge in [-0.3, -0.25) is 9.59 Å². The monoisotopic (exact) mass is 1220 g/mol. The zero-order chi connectivity index (χ0) is 62.8. The van der Waals surface area contributed by atoms with Crippen molar-refractivity contribution < 1.29 is 24.5 Å². The van der Waals surface area contributed by atoms with Crippen LogP contribution in [0.25, 0.3) is 0 Å². The van der Waals surface area contributed by atoms with Crippen molar-refractivity contribution in [3.05, 3.63) is 60.8 Å². The number of esters is 1. The van der Waals surface area contributed by atoms with Crippen LogP contribution in [0.5, 0.6) is 0 Å². The second-order valence-corrected chi connectivity index (χ2v) is 26.7. The third kappa shape index (κ3) is 72.5. The fourth-order valence-electron chi connectivity index (χ4n) is 12.1. The van der Waals surface area contributed by atoms with E-state index in [0.29, 0.717) is 19.4 Å². The predicted octanol–water partition coefficient (Wildman–Crippen LogP) is 25.8. The zero-order valence-electron chi connectivity index (χ0n) is 58.5.